The number of aliphatic hydroxyl groups excluding tert-OH is 1. The number of fused-ring (bicyclic) bond motifs is 1. The molecule has 0 unspecified atom stereocenters. The molecule has 0 radical (unpaired) electrons. The number of ether oxygens (including phenoxy) is 1. The Balaban J connectivity index is 1.68. The standard InChI is InChI=1S/C29H32N4O5/c1-4-38-26(35)18-33-24-8-6-5-7-23(24)29(27(33)36,17-25(34)30-21-13-9-19(2)10-14-21)32-28(37)31-22-15-11-20(3)12-16-22/h5-16,26,35H,4,17-18H2,1-3H3,(H,30,34)(H2,31,32,37)/t26-,29-/m1/s1. The molecular formula is C29H32N4O5. The highest BCUT2D eigenvalue weighted by atomic mass is 16.6. The van der Waals surface area contributed by atoms with E-state index in [4.69, 9.17) is 4.74 Å². The second kappa shape index (κ2) is 11.5. The minimum absolute atomic E-state index is 0.160. The normalized spacial score (nSPS) is 17.1. The summed E-state index contributed by atoms with van der Waals surface area (Å²) in [6.07, 6.45) is -1.60. The van der Waals surface area contributed by atoms with Gasteiger partial charge in [-0.2, -0.15) is 0 Å². The van der Waals surface area contributed by atoms with Gasteiger partial charge in [-0.3, -0.25) is 9.59 Å². The first kappa shape index (κ1) is 26.8. The minimum atomic E-state index is -1.72. The zero-order valence-corrected chi connectivity index (χ0v) is 21.7. The van der Waals surface area contributed by atoms with Crippen LogP contribution in [0, 0.1) is 13.8 Å². The molecule has 1 heterocycles. The van der Waals surface area contributed by atoms with E-state index in [1.165, 1.54) is 4.90 Å². The van der Waals surface area contributed by atoms with Crippen molar-refractivity contribution in [2.24, 2.45) is 0 Å². The molecule has 198 valence electrons. The van der Waals surface area contributed by atoms with Crippen molar-refractivity contribution in [3.05, 3.63) is 89.5 Å². The summed E-state index contributed by atoms with van der Waals surface area (Å²) in [4.78, 5) is 41.9. The zero-order valence-electron chi connectivity index (χ0n) is 21.7. The minimum Gasteiger partial charge on any atom is -0.366 e. The summed E-state index contributed by atoms with van der Waals surface area (Å²) in [5.41, 5.74) is 2.39. The Labute approximate surface area is 221 Å². The fourth-order valence-corrected chi connectivity index (χ4v) is 4.52. The van der Waals surface area contributed by atoms with Crippen molar-refractivity contribution in [2.45, 2.75) is 39.0 Å². The van der Waals surface area contributed by atoms with Crippen LogP contribution >= 0.6 is 0 Å². The number of anilines is 3. The second-order valence-corrected chi connectivity index (χ2v) is 9.28. The van der Waals surface area contributed by atoms with Crippen LogP contribution in [0.4, 0.5) is 21.9 Å². The highest BCUT2D eigenvalue weighted by Crippen LogP contribution is 2.43. The van der Waals surface area contributed by atoms with E-state index < -0.39 is 29.7 Å². The first-order valence-corrected chi connectivity index (χ1v) is 12.5. The van der Waals surface area contributed by atoms with E-state index in [1.54, 1.807) is 55.5 Å². The topological polar surface area (TPSA) is 120 Å². The Morgan fingerprint density at radius 1 is 0.921 bits per heavy atom. The summed E-state index contributed by atoms with van der Waals surface area (Å²) in [6.45, 7) is 5.71. The number of carbonyl (C=O) groups excluding carboxylic acids is 3. The van der Waals surface area contributed by atoms with Crippen LogP contribution in [-0.4, -0.2) is 42.4 Å². The molecular weight excluding hydrogens is 484 g/mol. The van der Waals surface area contributed by atoms with E-state index in [-0.39, 0.29) is 19.6 Å². The van der Waals surface area contributed by atoms with Gasteiger partial charge in [0.1, 0.15) is 0 Å². The molecule has 4 amide bonds. The molecule has 0 spiro atoms. The van der Waals surface area contributed by atoms with Gasteiger partial charge in [-0.05, 0) is 51.1 Å². The van der Waals surface area contributed by atoms with Crippen molar-refractivity contribution in [3.63, 3.8) is 0 Å². The van der Waals surface area contributed by atoms with Crippen molar-refractivity contribution < 1.29 is 24.2 Å². The average molecular weight is 517 g/mol. The number of hydrogen-bond acceptors (Lipinski definition) is 5. The number of aryl methyl sites for hydroxylation is 2. The molecule has 3 aromatic rings. The van der Waals surface area contributed by atoms with Crippen LogP contribution in [0.3, 0.4) is 0 Å². The van der Waals surface area contributed by atoms with Crippen molar-refractivity contribution in [1.29, 1.82) is 0 Å². The molecule has 4 rings (SSSR count). The number of para-hydroxylation sites is 1. The molecule has 0 bridgehead atoms. The van der Waals surface area contributed by atoms with Gasteiger partial charge in [0.25, 0.3) is 5.91 Å². The molecule has 3 aromatic carbocycles. The molecule has 38 heavy (non-hydrogen) atoms. The molecule has 0 aliphatic carbocycles. The molecule has 1 aliphatic heterocycles. The maximum atomic E-state index is 14.0. The number of aliphatic hydroxyl groups is 1. The largest absolute Gasteiger partial charge is 0.366 e. The van der Waals surface area contributed by atoms with Gasteiger partial charge in [0, 0.05) is 23.5 Å². The molecule has 0 aromatic heterocycles. The number of carbonyl (C=O) groups is 3. The monoisotopic (exact) mass is 516 g/mol. The first-order chi connectivity index (χ1) is 18.2. The van der Waals surface area contributed by atoms with Gasteiger partial charge in [-0.1, -0.05) is 53.6 Å². The van der Waals surface area contributed by atoms with E-state index in [0.717, 1.165) is 11.1 Å². The van der Waals surface area contributed by atoms with Crippen LogP contribution in [0.5, 0.6) is 0 Å². The summed E-state index contributed by atoms with van der Waals surface area (Å²) < 4.78 is 5.26. The predicted molar refractivity (Wildman–Crippen MR) is 146 cm³/mol. The summed E-state index contributed by atoms with van der Waals surface area (Å²) in [5.74, 6) is -1.00. The Hall–Kier alpha value is -4.21. The molecule has 0 saturated heterocycles. The predicted octanol–water partition coefficient (Wildman–Crippen LogP) is 4.05. The SMILES string of the molecule is CCO[C@@H](O)CN1C(=O)[C@](CC(=O)Nc2ccc(C)cc2)(NC(=O)Nc2ccc(C)cc2)c2ccccc21. The number of rotatable bonds is 9. The smallest absolute Gasteiger partial charge is 0.320 e. The fourth-order valence-electron chi connectivity index (χ4n) is 4.52. The third kappa shape index (κ3) is 5.85. The third-order valence-electron chi connectivity index (χ3n) is 6.36. The van der Waals surface area contributed by atoms with Crippen molar-refractivity contribution in [3.8, 4) is 0 Å². The van der Waals surface area contributed by atoms with Crippen molar-refractivity contribution in [2.75, 3.05) is 28.7 Å². The van der Waals surface area contributed by atoms with E-state index in [1.807, 2.05) is 38.1 Å². The third-order valence-corrected chi connectivity index (χ3v) is 6.36. The van der Waals surface area contributed by atoms with E-state index in [2.05, 4.69) is 16.0 Å². The summed E-state index contributed by atoms with van der Waals surface area (Å²) >= 11 is 0. The lowest BCUT2D eigenvalue weighted by molar-refractivity contribution is -0.130. The Morgan fingerprint density at radius 2 is 1.50 bits per heavy atom. The summed E-state index contributed by atoms with van der Waals surface area (Å²) in [7, 11) is 0. The lowest BCUT2D eigenvalue weighted by atomic mass is 9.87. The van der Waals surface area contributed by atoms with E-state index in [0.29, 0.717) is 22.6 Å². The lowest BCUT2D eigenvalue weighted by Crippen LogP contribution is -2.56. The highest BCUT2D eigenvalue weighted by molar-refractivity contribution is 6.12. The van der Waals surface area contributed by atoms with Crippen LogP contribution in [0.2, 0.25) is 0 Å². The molecule has 0 fully saturated rings. The number of β-amino-alcohol motifs (C(OH)–C–C–N with tert-alkyl or cyclic N) is 1. The zero-order chi connectivity index (χ0) is 27.3. The van der Waals surface area contributed by atoms with Gasteiger partial charge in [0.2, 0.25) is 5.91 Å². The number of nitrogens with one attached hydrogen (secondary N) is 3. The quantitative estimate of drug-likeness (QED) is 0.320. The maximum Gasteiger partial charge on any atom is 0.320 e. The molecule has 2 atom stereocenters. The van der Waals surface area contributed by atoms with Crippen LogP contribution in [0.1, 0.15) is 30.0 Å². The average Bonchev–Trinajstić information content (AvgIpc) is 3.09. The molecule has 9 heteroatoms. The van der Waals surface area contributed by atoms with Gasteiger partial charge >= 0.3 is 6.03 Å². The van der Waals surface area contributed by atoms with E-state index >= 15 is 0 Å². The van der Waals surface area contributed by atoms with Crippen LogP contribution in [0.25, 0.3) is 0 Å². The number of hydrogen-bond donors (Lipinski definition) is 4. The fraction of sp³-hybridized carbons (Fsp3) is 0.276. The van der Waals surface area contributed by atoms with Crippen molar-refractivity contribution in [1.82, 2.24) is 5.32 Å². The molecule has 0 saturated carbocycles. The Morgan fingerprint density at radius 3 is 2.11 bits per heavy atom. The number of nitrogens with zero attached hydrogens (tertiary/aromatic N) is 1. The molecule has 1 aliphatic rings. The van der Waals surface area contributed by atoms with Crippen LogP contribution < -0.4 is 20.9 Å². The Kier molecular flexibility index (Phi) is 8.09. The van der Waals surface area contributed by atoms with Gasteiger partial charge in [-0.25, -0.2) is 4.79 Å². The van der Waals surface area contributed by atoms with Gasteiger partial charge in [0.05, 0.1) is 18.7 Å². The number of benzene rings is 3. The lowest BCUT2D eigenvalue weighted by Gasteiger charge is -2.30. The maximum absolute atomic E-state index is 14.0. The number of urea groups is 1. The Bertz CT molecular complexity index is 1250. The second-order valence-electron chi connectivity index (χ2n) is 9.28. The highest BCUT2D eigenvalue weighted by Gasteiger charge is 2.53. The van der Waals surface area contributed by atoms with Gasteiger partial charge in [-0.15, -0.1) is 0 Å². The number of amides is 4. The van der Waals surface area contributed by atoms with Gasteiger partial charge in [0.15, 0.2) is 11.8 Å². The summed E-state index contributed by atoms with van der Waals surface area (Å²) in [6, 6.07) is 20.7. The van der Waals surface area contributed by atoms with Crippen LogP contribution in [0.15, 0.2) is 72.8 Å². The van der Waals surface area contributed by atoms with Crippen LogP contribution in [-0.2, 0) is 19.9 Å². The summed E-state index contributed by atoms with van der Waals surface area (Å²) in [5, 5.41) is 18.7. The van der Waals surface area contributed by atoms with Crippen molar-refractivity contribution >= 4 is 34.9 Å². The molecule has 9 nitrogen and oxygen atoms in total. The van der Waals surface area contributed by atoms with Gasteiger partial charge < -0.3 is 30.7 Å². The van der Waals surface area contributed by atoms with E-state index in [9.17, 15) is 19.5 Å². The molecule has 4 N–H and O–H groups in total. The first-order valence-electron chi connectivity index (χ1n) is 12.5.